The van der Waals surface area contributed by atoms with E-state index in [0.717, 1.165) is 11.3 Å². The molecule has 2 rings (SSSR count). The third-order valence-electron chi connectivity index (χ3n) is 2.57. The summed E-state index contributed by atoms with van der Waals surface area (Å²) >= 11 is 0. The first-order chi connectivity index (χ1) is 8.74. The molecular formula is C13H11N3O2. The van der Waals surface area contributed by atoms with E-state index < -0.39 is 5.92 Å². The number of nitrogens with one attached hydrogen (secondary N) is 1. The minimum absolute atomic E-state index is 0.287. The molecule has 2 aromatic rings. The number of nitrogens with zero attached hydrogens (tertiary/aromatic N) is 2. The van der Waals surface area contributed by atoms with Crippen LogP contribution in [0.15, 0.2) is 41.2 Å². The molecule has 0 radical (unpaired) electrons. The van der Waals surface area contributed by atoms with Gasteiger partial charge in [-0.15, -0.1) is 0 Å². The second-order valence-corrected chi connectivity index (χ2v) is 3.68. The molecule has 1 N–H and O–H groups in total. The van der Waals surface area contributed by atoms with Crippen LogP contribution in [0.2, 0.25) is 0 Å². The third kappa shape index (κ3) is 2.38. The number of benzene rings is 1. The molecule has 1 atom stereocenters. The standard InChI is InChI=1S/C13H11N3O2/c1-18-10-4-2-9(3-5-10)11(8-14)12-6-7-13(17)16-15-12/h2-7,11H,1H3,(H,16,17)/t11-/m0/s1. The smallest absolute Gasteiger partial charge is 0.264 e. The maximum absolute atomic E-state index is 10.9. The van der Waals surface area contributed by atoms with Crippen LogP contribution in [-0.2, 0) is 0 Å². The molecule has 18 heavy (non-hydrogen) atoms. The lowest BCUT2D eigenvalue weighted by Crippen LogP contribution is -2.10. The van der Waals surface area contributed by atoms with Crippen molar-refractivity contribution < 1.29 is 4.74 Å². The Hall–Kier alpha value is -2.61. The highest BCUT2D eigenvalue weighted by Gasteiger charge is 2.14. The van der Waals surface area contributed by atoms with Gasteiger partial charge in [-0.05, 0) is 23.8 Å². The molecule has 1 heterocycles. The number of nitriles is 1. The van der Waals surface area contributed by atoms with E-state index in [9.17, 15) is 10.1 Å². The van der Waals surface area contributed by atoms with Gasteiger partial charge in [0.1, 0.15) is 11.7 Å². The normalized spacial score (nSPS) is 11.6. The maximum atomic E-state index is 10.9. The molecule has 0 saturated carbocycles. The van der Waals surface area contributed by atoms with Crippen LogP contribution in [0.3, 0.4) is 0 Å². The number of hydrogen-bond acceptors (Lipinski definition) is 4. The van der Waals surface area contributed by atoms with E-state index in [-0.39, 0.29) is 5.56 Å². The van der Waals surface area contributed by atoms with Crippen LogP contribution in [0.4, 0.5) is 0 Å². The largest absolute Gasteiger partial charge is 0.497 e. The van der Waals surface area contributed by atoms with Crippen molar-refractivity contribution in [2.45, 2.75) is 5.92 Å². The van der Waals surface area contributed by atoms with Crippen molar-refractivity contribution >= 4 is 0 Å². The van der Waals surface area contributed by atoms with E-state index in [0.29, 0.717) is 5.69 Å². The Kier molecular flexibility index (Phi) is 3.39. The first kappa shape index (κ1) is 11.9. The van der Waals surface area contributed by atoms with E-state index in [1.165, 1.54) is 6.07 Å². The van der Waals surface area contributed by atoms with Gasteiger partial charge < -0.3 is 4.74 Å². The van der Waals surface area contributed by atoms with E-state index in [2.05, 4.69) is 16.3 Å². The topological polar surface area (TPSA) is 78.8 Å². The minimum Gasteiger partial charge on any atom is -0.497 e. The van der Waals surface area contributed by atoms with E-state index in [1.54, 1.807) is 37.4 Å². The Bertz CT molecular complexity index is 605. The van der Waals surface area contributed by atoms with Crippen LogP contribution in [0.25, 0.3) is 0 Å². The number of aromatic amines is 1. The quantitative estimate of drug-likeness (QED) is 0.881. The van der Waals surface area contributed by atoms with Crippen molar-refractivity contribution in [2.75, 3.05) is 7.11 Å². The first-order valence-electron chi connectivity index (χ1n) is 5.34. The lowest BCUT2D eigenvalue weighted by Gasteiger charge is -2.08. The van der Waals surface area contributed by atoms with Gasteiger partial charge in [-0.3, -0.25) is 4.79 Å². The molecule has 1 aromatic carbocycles. The summed E-state index contributed by atoms with van der Waals surface area (Å²) in [6, 6.07) is 12.3. The second kappa shape index (κ2) is 5.15. The monoisotopic (exact) mass is 241 g/mol. The summed E-state index contributed by atoms with van der Waals surface area (Å²) in [7, 11) is 1.58. The highest BCUT2D eigenvalue weighted by atomic mass is 16.5. The summed E-state index contributed by atoms with van der Waals surface area (Å²) in [6.07, 6.45) is 0. The van der Waals surface area contributed by atoms with Crippen LogP contribution in [0, 0.1) is 11.3 Å². The maximum Gasteiger partial charge on any atom is 0.264 e. The van der Waals surface area contributed by atoms with Gasteiger partial charge >= 0.3 is 0 Å². The Morgan fingerprint density at radius 2 is 2.00 bits per heavy atom. The Balaban J connectivity index is 2.36. The van der Waals surface area contributed by atoms with E-state index in [1.807, 2.05) is 0 Å². The van der Waals surface area contributed by atoms with Gasteiger partial charge in [0.2, 0.25) is 0 Å². The molecule has 1 aromatic heterocycles. The third-order valence-corrected chi connectivity index (χ3v) is 2.57. The van der Waals surface area contributed by atoms with Gasteiger partial charge in [-0.2, -0.15) is 10.4 Å². The zero-order valence-corrected chi connectivity index (χ0v) is 9.75. The fourth-order valence-corrected chi connectivity index (χ4v) is 1.62. The Morgan fingerprint density at radius 3 is 2.50 bits per heavy atom. The molecule has 0 amide bonds. The molecule has 0 aliphatic rings. The van der Waals surface area contributed by atoms with Crippen molar-refractivity contribution in [3.8, 4) is 11.8 Å². The number of methoxy groups -OCH3 is 1. The first-order valence-corrected chi connectivity index (χ1v) is 5.34. The lowest BCUT2D eigenvalue weighted by molar-refractivity contribution is 0.414. The molecule has 0 unspecified atom stereocenters. The van der Waals surface area contributed by atoms with Gasteiger partial charge in [0.05, 0.1) is 18.9 Å². The van der Waals surface area contributed by atoms with E-state index in [4.69, 9.17) is 4.74 Å². The van der Waals surface area contributed by atoms with Gasteiger partial charge in [0.15, 0.2) is 0 Å². The molecule has 0 fully saturated rings. The van der Waals surface area contributed by atoms with Crippen LogP contribution in [0.5, 0.6) is 5.75 Å². The van der Waals surface area contributed by atoms with Crippen molar-refractivity contribution in [3.05, 3.63) is 58.0 Å². The predicted octanol–water partition coefficient (Wildman–Crippen LogP) is 1.43. The summed E-state index contributed by atoms with van der Waals surface area (Å²) in [5.41, 5.74) is 1.03. The zero-order chi connectivity index (χ0) is 13.0. The Morgan fingerprint density at radius 1 is 1.28 bits per heavy atom. The van der Waals surface area contributed by atoms with E-state index >= 15 is 0 Å². The summed E-state index contributed by atoms with van der Waals surface area (Å²) < 4.78 is 5.06. The number of hydrogen-bond donors (Lipinski definition) is 1. The van der Waals surface area contributed by atoms with Crippen LogP contribution < -0.4 is 10.3 Å². The molecular weight excluding hydrogens is 230 g/mol. The average molecular weight is 241 g/mol. The zero-order valence-electron chi connectivity index (χ0n) is 9.75. The molecule has 5 nitrogen and oxygen atoms in total. The SMILES string of the molecule is COc1ccc([C@H](C#N)c2ccc(=O)[nH]n2)cc1. The highest BCUT2D eigenvalue weighted by molar-refractivity contribution is 5.37. The predicted molar refractivity (Wildman–Crippen MR) is 65.3 cm³/mol. The number of rotatable bonds is 3. The van der Waals surface area contributed by atoms with Gasteiger partial charge in [-0.1, -0.05) is 12.1 Å². The van der Waals surface area contributed by atoms with Crippen molar-refractivity contribution in [1.29, 1.82) is 5.26 Å². The second-order valence-electron chi connectivity index (χ2n) is 3.68. The molecule has 0 aliphatic heterocycles. The van der Waals surface area contributed by atoms with Gasteiger partial charge in [0, 0.05) is 6.07 Å². The minimum atomic E-state index is -0.507. The molecule has 0 saturated heterocycles. The summed E-state index contributed by atoms with van der Waals surface area (Å²) in [6.45, 7) is 0. The summed E-state index contributed by atoms with van der Waals surface area (Å²) in [4.78, 5) is 10.9. The molecule has 0 spiro atoms. The molecule has 90 valence electrons. The molecule has 0 aliphatic carbocycles. The summed E-state index contributed by atoms with van der Waals surface area (Å²) in [5, 5.41) is 15.4. The van der Waals surface area contributed by atoms with Crippen molar-refractivity contribution in [1.82, 2.24) is 10.2 Å². The average Bonchev–Trinajstić information content (AvgIpc) is 2.42. The van der Waals surface area contributed by atoms with Crippen LogP contribution in [0.1, 0.15) is 17.2 Å². The van der Waals surface area contributed by atoms with Crippen LogP contribution in [-0.4, -0.2) is 17.3 Å². The van der Waals surface area contributed by atoms with Gasteiger partial charge in [-0.25, -0.2) is 5.10 Å². The number of H-pyrrole nitrogens is 1. The van der Waals surface area contributed by atoms with Crippen molar-refractivity contribution in [2.24, 2.45) is 0 Å². The Labute approximate surface area is 104 Å². The lowest BCUT2D eigenvalue weighted by atomic mass is 9.97. The van der Waals surface area contributed by atoms with Crippen LogP contribution >= 0.6 is 0 Å². The highest BCUT2D eigenvalue weighted by Crippen LogP contribution is 2.23. The fourth-order valence-electron chi connectivity index (χ4n) is 1.62. The number of aromatic nitrogens is 2. The molecule has 0 bridgehead atoms. The summed E-state index contributed by atoms with van der Waals surface area (Å²) in [5.74, 6) is 0.220. The fraction of sp³-hybridized carbons (Fsp3) is 0.154. The molecule has 5 heteroatoms. The number of ether oxygens (including phenoxy) is 1. The van der Waals surface area contributed by atoms with Gasteiger partial charge in [0.25, 0.3) is 5.56 Å². The van der Waals surface area contributed by atoms with Crippen molar-refractivity contribution in [3.63, 3.8) is 0 Å².